The molecule has 0 fully saturated rings. The number of hydrogen-bond donors (Lipinski definition) is 2. The van der Waals surface area contributed by atoms with E-state index < -0.39 is 17.4 Å². The first-order valence-electron chi connectivity index (χ1n) is 7.14. The molecule has 0 saturated heterocycles. The van der Waals surface area contributed by atoms with Crippen molar-refractivity contribution in [2.24, 2.45) is 0 Å². The summed E-state index contributed by atoms with van der Waals surface area (Å²) in [6.45, 7) is 2.96. The average molecular weight is 352 g/mol. The van der Waals surface area contributed by atoms with Crippen LogP contribution in [-0.4, -0.2) is 46.0 Å². The zero-order valence-electron chi connectivity index (χ0n) is 13.5. The van der Waals surface area contributed by atoms with Crippen LogP contribution in [0.4, 0.5) is 0 Å². The molecule has 2 N–H and O–H groups in total. The molecule has 128 valence electrons. The first kappa shape index (κ1) is 18.0. The minimum Gasteiger partial charge on any atom is -0.479 e. The summed E-state index contributed by atoms with van der Waals surface area (Å²) in [5, 5.41) is 16.6. The number of hydrogen-bond acceptors (Lipinski definition) is 4. The van der Waals surface area contributed by atoms with Crippen molar-refractivity contribution < 1.29 is 19.4 Å². The Morgan fingerprint density at radius 3 is 2.54 bits per heavy atom. The largest absolute Gasteiger partial charge is 0.479 e. The van der Waals surface area contributed by atoms with Gasteiger partial charge in [0, 0.05) is 12.1 Å². The quantitative estimate of drug-likeness (QED) is 0.830. The number of carboxylic acids is 1. The second-order valence-electron chi connectivity index (χ2n) is 5.56. The second-order valence-corrected chi connectivity index (χ2v) is 5.99. The van der Waals surface area contributed by atoms with E-state index >= 15 is 0 Å². The number of aromatic nitrogens is 2. The van der Waals surface area contributed by atoms with Crippen LogP contribution in [0, 0.1) is 6.92 Å². The van der Waals surface area contributed by atoms with Crippen LogP contribution in [0.2, 0.25) is 5.02 Å². The molecule has 1 heterocycles. The van der Waals surface area contributed by atoms with Crippen LogP contribution in [0.15, 0.2) is 30.5 Å². The minimum atomic E-state index is -1.53. The van der Waals surface area contributed by atoms with Gasteiger partial charge in [-0.15, -0.1) is 0 Å². The van der Waals surface area contributed by atoms with Crippen LogP contribution < -0.4 is 5.32 Å². The van der Waals surface area contributed by atoms with E-state index in [0.717, 1.165) is 5.69 Å². The summed E-state index contributed by atoms with van der Waals surface area (Å²) in [5.41, 5.74) is 0.0861. The van der Waals surface area contributed by atoms with Gasteiger partial charge >= 0.3 is 5.97 Å². The Labute approximate surface area is 144 Å². The number of aliphatic carboxylic acids is 1. The monoisotopic (exact) mass is 351 g/mol. The summed E-state index contributed by atoms with van der Waals surface area (Å²) in [5.74, 6) is -1.71. The van der Waals surface area contributed by atoms with Gasteiger partial charge in [-0.25, -0.2) is 9.48 Å². The van der Waals surface area contributed by atoms with Crippen molar-refractivity contribution in [1.82, 2.24) is 15.1 Å². The van der Waals surface area contributed by atoms with Crippen molar-refractivity contribution in [3.63, 3.8) is 0 Å². The number of benzene rings is 1. The van der Waals surface area contributed by atoms with Crippen LogP contribution in [0.3, 0.4) is 0 Å². The van der Waals surface area contributed by atoms with Gasteiger partial charge in [-0.3, -0.25) is 4.79 Å². The maximum atomic E-state index is 12.5. The van der Waals surface area contributed by atoms with Gasteiger partial charge in [-0.2, -0.15) is 5.10 Å². The fourth-order valence-electron chi connectivity index (χ4n) is 2.23. The fraction of sp³-hybridized carbons (Fsp3) is 0.312. The first-order chi connectivity index (χ1) is 11.3. The number of ether oxygens (including phenoxy) is 1. The third-order valence-corrected chi connectivity index (χ3v) is 3.87. The molecule has 2 rings (SSSR count). The molecule has 7 nitrogen and oxygen atoms in total. The third kappa shape index (κ3) is 3.58. The van der Waals surface area contributed by atoms with Crippen LogP contribution >= 0.6 is 11.6 Å². The highest BCUT2D eigenvalue weighted by molar-refractivity contribution is 6.30. The van der Waals surface area contributed by atoms with E-state index in [4.69, 9.17) is 16.3 Å². The Balaban J connectivity index is 2.28. The number of methoxy groups -OCH3 is 1. The molecule has 0 spiro atoms. The number of halogens is 1. The molecule has 8 heteroatoms. The van der Waals surface area contributed by atoms with Gasteiger partial charge in [0.1, 0.15) is 0 Å². The number of carbonyl (C=O) groups excluding carboxylic acids is 1. The molecule has 0 aliphatic carbocycles. The summed E-state index contributed by atoms with van der Waals surface area (Å²) >= 11 is 5.87. The maximum absolute atomic E-state index is 12.5. The predicted molar refractivity (Wildman–Crippen MR) is 88.7 cm³/mol. The van der Waals surface area contributed by atoms with Gasteiger partial charge < -0.3 is 15.2 Å². The topological polar surface area (TPSA) is 93.5 Å². The molecule has 1 atom stereocenters. The van der Waals surface area contributed by atoms with Crippen LogP contribution in [-0.2, 0) is 9.53 Å². The van der Waals surface area contributed by atoms with Gasteiger partial charge in [0.05, 0.1) is 29.7 Å². The summed E-state index contributed by atoms with van der Waals surface area (Å²) in [4.78, 5) is 23.8. The Kier molecular flexibility index (Phi) is 5.26. The summed E-state index contributed by atoms with van der Waals surface area (Å²) in [7, 11) is 1.37. The molecule has 1 amide bonds. The SMILES string of the molecule is COCC(C)(NC(=O)c1cnn(-c2ccc(Cl)cc2)c1C)C(=O)O. The Bertz CT molecular complexity index is 757. The molecule has 0 aliphatic rings. The molecule has 24 heavy (non-hydrogen) atoms. The van der Waals surface area contributed by atoms with Crippen molar-refractivity contribution in [1.29, 1.82) is 0 Å². The van der Waals surface area contributed by atoms with E-state index in [0.29, 0.717) is 10.7 Å². The van der Waals surface area contributed by atoms with E-state index in [1.54, 1.807) is 35.9 Å². The number of rotatable bonds is 6. The lowest BCUT2D eigenvalue weighted by atomic mass is 10.0. The highest BCUT2D eigenvalue weighted by Gasteiger charge is 2.36. The lowest BCUT2D eigenvalue weighted by Gasteiger charge is -2.25. The van der Waals surface area contributed by atoms with Crippen molar-refractivity contribution >= 4 is 23.5 Å². The molecule has 0 saturated carbocycles. The normalized spacial score (nSPS) is 13.3. The third-order valence-electron chi connectivity index (χ3n) is 3.62. The fourth-order valence-corrected chi connectivity index (χ4v) is 2.36. The van der Waals surface area contributed by atoms with Gasteiger partial charge in [-0.1, -0.05) is 11.6 Å². The first-order valence-corrected chi connectivity index (χ1v) is 7.51. The highest BCUT2D eigenvalue weighted by atomic mass is 35.5. The number of nitrogens with zero attached hydrogens (tertiary/aromatic N) is 2. The van der Waals surface area contributed by atoms with Crippen molar-refractivity contribution in [2.75, 3.05) is 13.7 Å². The Morgan fingerprint density at radius 2 is 2.00 bits per heavy atom. The standard InChI is InChI=1S/C16H18ClN3O4/c1-10-13(14(21)19-16(2,9-24-3)15(22)23)8-18-20(10)12-6-4-11(17)5-7-12/h4-8H,9H2,1-3H3,(H,19,21)(H,22,23). The van der Waals surface area contributed by atoms with Gasteiger partial charge in [-0.05, 0) is 38.1 Å². The number of carbonyl (C=O) groups is 2. The average Bonchev–Trinajstić information content (AvgIpc) is 2.90. The number of carboxylic acid groups (broad SMARTS) is 1. The second kappa shape index (κ2) is 7.02. The van der Waals surface area contributed by atoms with E-state index in [2.05, 4.69) is 10.4 Å². The van der Waals surface area contributed by atoms with Crippen LogP contribution in [0.1, 0.15) is 23.0 Å². The smallest absolute Gasteiger partial charge is 0.331 e. The lowest BCUT2D eigenvalue weighted by Crippen LogP contribution is -2.55. The lowest BCUT2D eigenvalue weighted by molar-refractivity contribution is -0.145. The highest BCUT2D eigenvalue weighted by Crippen LogP contribution is 2.17. The number of amides is 1. The van der Waals surface area contributed by atoms with Crippen molar-refractivity contribution in [2.45, 2.75) is 19.4 Å². The molecule has 0 aliphatic heterocycles. The predicted octanol–water partition coefficient (Wildman–Crippen LogP) is 2.05. The minimum absolute atomic E-state index is 0.154. The van der Waals surface area contributed by atoms with Crippen LogP contribution in [0.5, 0.6) is 0 Å². The van der Waals surface area contributed by atoms with Gasteiger partial charge in [0.15, 0.2) is 5.54 Å². The van der Waals surface area contributed by atoms with Crippen molar-refractivity contribution in [3.05, 3.63) is 46.7 Å². The molecular formula is C16H18ClN3O4. The van der Waals surface area contributed by atoms with Crippen molar-refractivity contribution in [3.8, 4) is 5.69 Å². The van der Waals surface area contributed by atoms with E-state index in [9.17, 15) is 14.7 Å². The molecule has 1 unspecified atom stereocenters. The molecule has 1 aromatic heterocycles. The number of nitrogens with one attached hydrogen (secondary N) is 1. The van der Waals surface area contributed by atoms with E-state index in [1.165, 1.54) is 20.2 Å². The van der Waals surface area contributed by atoms with E-state index in [1.807, 2.05) is 0 Å². The van der Waals surface area contributed by atoms with Crippen LogP contribution in [0.25, 0.3) is 5.69 Å². The molecular weight excluding hydrogens is 334 g/mol. The molecule has 0 bridgehead atoms. The zero-order chi connectivity index (χ0) is 17.9. The molecule has 1 aromatic carbocycles. The Morgan fingerprint density at radius 1 is 1.38 bits per heavy atom. The van der Waals surface area contributed by atoms with E-state index in [-0.39, 0.29) is 12.2 Å². The molecule has 0 radical (unpaired) electrons. The summed E-state index contributed by atoms with van der Waals surface area (Å²) in [6, 6.07) is 6.99. The summed E-state index contributed by atoms with van der Waals surface area (Å²) < 4.78 is 6.48. The summed E-state index contributed by atoms with van der Waals surface area (Å²) in [6.07, 6.45) is 1.40. The van der Waals surface area contributed by atoms with Gasteiger partial charge in [0.2, 0.25) is 0 Å². The maximum Gasteiger partial charge on any atom is 0.331 e. The van der Waals surface area contributed by atoms with Gasteiger partial charge in [0.25, 0.3) is 5.91 Å². The zero-order valence-corrected chi connectivity index (χ0v) is 14.3. The molecule has 2 aromatic rings. The Hall–Kier alpha value is -2.38.